The summed E-state index contributed by atoms with van der Waals surface area (Å²) in [6.45, 7) is 7.60. The molecule has 0 unspecified atom stereocenters. The van der Waals surface area contributed by atoms with Crippen molar-refractivity contribution in [2.24, 2.45) is 5.41 Å². The molecule has 0 atom stereocenters. The molecule has 0 fully saturated rings. The molecule has 0 spiro atoms. The Hall–Kier alpha value is -2.43. The molecule has 0 radical (unpaired) electrons. The van der Waals surface area contributed by atoms with Crippen molar-refractivity contribution in [3.05, 3.63) is 41.7 Å². The summed E-state index contributed by atoms with van der Waals surface area (Å²) in [5.41, 5.74) is 3.06. The SMILES string of the molecule is COc1ccc(-c2ncc3c(n2)CCN(C(=O)CC(C)(C)C)C3)cc1. The lowest BCUT2D eigenvalue weighted by Crippen LogP contribution is -2.38. The molecule has 1 amide bonds. The van der Waals surface area contributed by atoms with Crippen LogP contribution in [-0.4, -0.2) is 34.4 Å². The van der Waals surface area contributed by atoms with Crippen molar-refractivity contribution in [3.63, 3.8) is 0 Å². The second-order valence-electron chi connectivity index (χ2n) is 7.70. The third kappa shape index (κ3) is 4.16. The summed E-state index contributed by atoms with van der Waals surface area (Å²) in [5, 5.41) is 0. The molecule has 1 aliphatic heterocycles. The first kappa shape index (κ1) is 17.4. The van der Waals surface area contributed by atoms with Gasteiger partial charge in [0.2, 0.25) is 5.91 Å². The molecule has 0 bridgehead atoms. The first-order valence-electron chi connectivity index (χ1n) is 8.63. The van der Waals surface area contributed by atoms with Crippen LogP contribution in [0.15, 0.2) is 30.5 Å². The minimum Gasteiger partial charge on any atom is -0.497 e. The highest BCUT2D eigenvalue weighted by Gasteiger charge is 2.25. The summed E-state index contributed by atoms with van der Waals surface area (Å²) in [7, 11) is 1.65. The van der Waals surface area contributed by atoms with Gasteiger partial charge in [-0.05, 0) is 29.7 Å². The van der Waals surface area contributed by atoms with E-state index in [1.54, 1.807) is 7.11 Å². The maximum atomic E-state index is 12.4. The van der Waals surface area contributed by atoms with Crippen LogP contribution in [-0.2, 0) is 17.8 Å². The monoisotopic (exact) mass is 339 g/mol. The third-order valence-electron chi connectivity index (χ3n) is 4.32. The molecule has 25 heavy (non-hydrogen) atoms. The van der Waals surface area contributed by atoms with Crippen molar-refractivity contribution < 1.29 is 9.53 Å². The van der Waals surface area contributed by atoms with Gasteiger partial charge in [-0.25, -0.2) is 9.97 Å². The molecule has 0 aliphatic carbocycles. The van der Waals surface area contributed by atoms with Crippen molar-refractivity contribution >= 4 is 5.91 Å². The highest BCUT2D eigenvalue weighted by atomic mass is 16.5. The largest absolute Gasteiger partial charge is 0.497 e. The van der Waals surface area contributed by atoms with Crippen LogP contribution in [0.1, 0.15) is 38.4 Å². The molecule has 1 aromatic heterocycles. The van der Waals surface area contributed by atoms with Crippen LogP contribution in [0.5, 0.6) is 5.75 Å². The zero-order valence-electron chi connectivity index (χ0n) is 15.4. The molecule has 0 saturated heterocycles. The van der Waals surface area contributed by atoms with Gasteiger partial charge in [0.05, 0.1) is 12.8 Å². The van der Waals surface area contributed by atoms with Gasteiger partial charge in [0, 0.05) is 43.3 Å². The lowest BCUT2D eigenvalue weighted by atomic mass is 9.91. The first-order valence-corrected chi connectivity index (χ1v) is 8.63. The van der Waals surface area contributed by atoms with E-state index in [9.17, 15) is 4.79 Å². The van der Waals surface area contributed by atoms with Gasteiger partial charge in [-0.3, -0.25) is 4.79 Å². The number of aromatic nitrogens is 2. The molecule has 5 nitrogen and oxygen atoms in total. The molecule has 0 saturated carbocycles. The Kier molecular flexibility index (Phi) is 4.75. The van der Waals surface area contributed by atoms with Crippen molar-refractivity contribution in [2.75, 3.05) is 13.7 Å². The maximum Gasteiger partial charge on any atom is 0.223 e. The number of carbonyl (C=O) groups is 1. The smallest absolute Gasteiger partial charge is 0.223 e. The molecule has 0 N–H and O–H groups in total. The topological polar surface area (TPSA) is 55.3 Å². The van der Waals surface area contributed by atoms with Crippen LogP contribution >= 0.6 is 0 Å². The van der Waals surface area contributed by atoms with E-state index in [-0.39, 0.29) is 11.3 Å². The van der Waals surface area contributed by atoms with Gasteiger partial charge in [-0.15, -0.1) is 0 Å². The minimum atomic E-state index is 0.00604. The Balaban J connectivity index is 1.76. The highest BCUT2D eigenvalue weighted by Crippen LogP contribution is 2.25. The van der Waals surface area contributed by atoms with E-state index in [0.29, 0.717) is 13.0 Å². The van der Waals surface area contributed by atoms with Gasteiger partial charge in [0.1, 0.15) is 5.75 Å². The second kappa shape index (κ2) is 6.82. The average Bonchev–Trinajstić information content (AvgIpc) is 2.59. The van der Waals surface area contributed by atoms with E-state index in [1.807, 2.05) is 35.4 Å². The van der Waals surface area contributed by atoms with E-state index < -0.39 is 0 Å². The number of carbonyl (C=O) groups excluding carboxylic acids is 1. The summed E-state index contributed by atoms with van der Waals surface area (Å²) < 4.78 is 5.19. The summed E-state index contributed by atoms with van der Waals surface area (Å²) >= 11 is 0. The van der Waals surface area contributed by atoms with Gasteiger partial charge in [-0.1, -0.05) is 20.8 Å². The Morgan fingerprint density at radius 1 is 1.24 bits per heavy atom. The van der Waals surface area contributed by atoms with Gasteiger partial charge in [-0.2, -0.15) is 0 Å². The average molecular weight is 339 g/mol. The summed E-state index contributed by atoms with van der Waals surface area (Å²) in [6.07, 6.45) is 3.20. The van der Waals surface area contributed by atoms with E-state index in [1.165, 1.54) is 0 Å². The molecule has 5 heteroatoms. The van der Waals surface area contributed by atoms with Gasteiger partial charge in [0.25, 0.3) is 0 Å². The number of fused-ring (bicyclic) bond motifs is 1. The van der Waals surface area contributed by atoms with Crippen molar-refractivity contribution in [2.45, 2.75) is 40.2 Å². The predicted molar refractivity (Wildman–Crippen MR) is 97.2 cm³/mol. The maximum absolute atomic E-state index is 12.4. The Labute approximate surface area is 149 Å². The molecular formula is C20H25N3O2. The molecule has 1 aromatic carbocycles. The van der Waals surface area contributed by atoms with Crippen LogP contribution in [0.25, 0.3) is 11.4 Å². The molecule has 3 rings (SSSR count). The normalized spacial score (nSPS) is 14.2. The van der Waals surface area contributed by atoms with E-state index in [0.717, 1.165) is 41.4 Å². The lowest BCUT2D eigenvalue weighted by Gasteiger charge is -2.30. The quantitative estimate of drug-likeness (QED) is 0.859. The van der Waals surface area contributed by atoms with Crippen molar-refractivity contribution in [1.82, 2.24) is 14.9 Å². The van der Waals surface area contributed by atoms with Crippen molar-refractivity contribution in [3.8, 4) is 17.1 Å². The van der Waals surface area contributed by atoms with E-state index in [4.69, 9.17) is 9.72 Å². The van der Waals surface area contributed by atoms with E-state index in [2.05, 4.69) is 25.8 Å². The number of hydrogen-bond donors (Lipinski definition) is 0. The van der Waals surface area contributed by atoms with Gasteiger partial charge >= 0.3 is 0 Å². The number of hydrogen-bond acceptors (Lipinski definition) is 4. The van der Waals surface area contributed by atoms with Gasteiger partial charge in [0.15, 0.2) is 5.82 Å². The number of benzene rings is 1. The van der Waals surface area contributed by atoms with Crippen LogP contribution in [0.3, 0.4) is 0 Å². The predicted octanol–water partition coefficient (Wildman–Crippen LogP) is 3.47. The number of rotatable bonds is 3. The molecule has 132 valence electrons. The Morgan fingerprint density at radius 2 is 1.96 bits per heavy atom. The van der Waals surface area contributed by atoms with Crippen molar-refractivity contribution in [1.29, 1.82) is 0 Å². The number of amides is 1. The van der Waals surface area contributed by atoms with Crippen LogP contribution < -0.4 is 4.74 Å². The fourth-order valence-corrected chi connectivity index (χ4v) is 2.97. The highest BCUT2D eigenvalue weighted by molar-refractivity contribution is 5.77. The first-order chi connectivity index (χ1) is 11.9. The minimum absolute atomic E-state index is 0.00604. The zero-order valence-corrected chi connectivity index (χ0v) is 15.4. The molecule has 1 aliphatic rings. The Bertz CT molecular complexity index is 764. The summed E-state index contributed by atoms with van der Waals surface area (Å²) in [6, 6.07) is 7.74. The summed E-state index contributed by atoms with van der Waals surface area (Å²) in [5.74, 6) is 1.74. The number of nitrogens with zero attached hydrogens (tertiary/aromatic N) is 3. The number of ether oxygens (including phenoxy) is 1. The molecule has 2 aromatic rings. The zero-order chi connectivity index (χ0) is 18.0. The molecular weight excluding hydrogens is 314 g/mol. The number of methoxy groups -OCH3 is 1. The fourth-order valence-electron chi connectivity index (χ4n) is 2.97. The summed E-state index contributed by atoms with van der Waals surface area (Å²) in [4.78, 5) is 23.6. The second-order valence-corrected chi connectivity index (χ2v) is 7.70. The lowest BCUT2D eigenvalue weighted by molar-refractivity contribution is -0.134. The molecule has 2 heterocycles. The van der Waals surface area contributed by atoms with Crippen LogP contribution in [0.4, 0.5) is 0 Å². The van der Waals surface area contributed by atoms with Crippen LogP contribution in [0.2, 0.25) is 0 Å². The van der Waals surface area contributed by atoms with Gasteiger partial charge < -0.3 is 9.64 Å². The van der Waals surface area contributed by atoms with Crippen LogP contribution in [0, 0.1) is 5.41 Å². The fraction of sp³-hybridized carbons (Fsp3) is 0.450. The van der Waals surface area contributed by atoms with E-state index >= 15 is 0 Å². The Morgan fingerprint density at radius 3 is 2.60 bits per heavy atom. The standard InChI is InChI=1S/C20H25N3O2/c1-20(2,3)11-18(24)23-10-9-17-15(13-23)12-21-19(22-17)14-5-7-16(25-4)8-6-14/h5-8,12H,9-11,13H2,1-4H3. The third-order valence-corrected chi connectivity index (χ3v) is 4.32.